The van der Waals surface area contributed by atoms with Crippen molar-refractivity contribution < 1.29 is 14.3 Å². The Kier molecular flexibility index (Phi) is 5.91. The standard InChI is InChI=1S/C14H19NO3/c1-12(16)15(11-9-14(17)18-2)10-8-13-6-4-3-5-7-13/h3-7H,8-11H2,1-2H3. The zero-order valence-corrected chi connectivity index (χ0v) is 10.9. The van der Waals surface area contributed by atoms with Crippen LogP contribution in [-0.4, -0.2) is 37.0 Å². The van der Waals surface area contributed by atoms with Crippen molar-refractivity contribution in [3.63, 3.8) is 0 Å². The van der Waals surface area contributed by atoms with Crippen LogP contribution in [0.2, 0.25) is 0 Å². The number of rotatable bonds is 6. The van der Waals surface area contributed by atoms with Gasteiger partial charge in [0.15, 0.2) is 0 Å². The van der Waals surface area contributed by atoms with Crippen LogP contribution in [0.25, 0.3) is 0 Å². The van der Waals surface area contributed by atoms with Gasteiger partial charge in [0, 0.05) is 20.0 Å². The van der Waals surface area contributed by atoms with Gasteiger partial charge in [0.25, 0.3) is 0 Å². The third-order valence-electron chi connectivity index (χ3n) is 2.77. The summed E-state index contributed by atoms with van der Waals surface area (Å²) in [5.41, 5.74) is 1.18. The van der Waals surface area contributed by atoms with E-state index in [0.29, 0.717) is 13.1 Å². The number of ether oxygens (including phenoxy) is 1. The summed E-state index contributed by atoms with van der Waals surface area (Å²) in [7, 11) is 1.35. The summed E-state index contributed by atoms with van der Waals surface area (Å²) in [6.45, 7) is 2.55. The largest absolute Gasteiger partial charge is 0.469 e. The zero-order valence-electron chi connectivity index (χ0n) is 10.9. The van der Waals surface area contributed by atoms with Gasteiger partial charge in [-0.25, -0.2) is 0 Å². The fourth-order valence-corrected chi connectivity index (χ4v) is 1.66. The highest BCUT2D eigenvalue weighted by Gasteiger charge is 2.11. The second-order valence-electron chi connectivity index (χ2n) is 4.07. The number of hydrogen-bond acceptors (Lipinski definition) is 3. The van der Waals surface area contributed by atoms with E-state index in [2.05, 4.69) is 4.74 Å². The van der Waals surface area contributed by atoms with Gasteiger partial charge in [-0.2, -0.15) is 0 Å². The van der Waals surface area contributed by atoms with Gasteiger partial charge < -0.3 is 9.64 Å². The van der Waals surface area contributed by atoms with Gasteiger partial charge in [0.05, 0.1) is 13.5 Å². The molecule has 0 unspecified atom stereocenters. The van der Waals surface area contributed by atoms with Crippen molar-refractivity contribution >= 4 is 11.9 Å². The van der Waals surface area contributed by atoms with Crippen LogP contribution < -0.4 is 0 Å². The third kappa shape index (κ3) is 4.99. The van der Waals surface area contributed by atoms with E-state index in [4.69, 9.17) is 0 Å². The first-order valence-corrected chi connectivity index (χ1v) is 5.99. The highest BCUT2D eigenvalue weighted by Crippen LogP contribution is 2.03. The number of methoxy groups -OCH3 is 1. The van der Waals surface area contributed by atoms with Crippen molar-refractivity contribution in [1.82, 2.24) is 4.90 Å². The summed E-state index contributed by atoms with van der Waals surface area (Å²) in [5, 5.41) is 0. The highest BCUT2D eigenvalue weighted by molar-refractivity contribution is 5.74. The summed E-state index contributed by atoms with van der Waals surface area (Å²) in [5.74, 6) is -0.309. The van der Waals surface area contributed by atoms with Crippen molar-refractivity contribution in [2.24, 2.45) is 0 Å². The molecule has 0 N–H and O–H groups in total. The maximum Gasteiger partial charge on any atom is 0.307 e. The van der Waals surface area contributed by atoms with E-state index >= 15 is 0 Å². The molecule has 0 aromatic heterocycles. The number of nitrogens with zero attached hydrogens (tertiary/aromatic N) is 1. The molecule has 4 heteroatoms. The fraction of sp³-hybridized carbons (Fsp3) is 0.429. The van der Waals surface area contributed by atoms with Crippen LogP contribution in [0.15, 0.2) is 30.3 Å². The quantitative estimate of drug-likeness (QED) is 0.720. The molecule has 0 aliphatic carbocycles. The van der Waals surface area contributed by atoms with E-state index in [9.17, 15) is 9.59 Å². The van der Waals surface area contributed by atoms with Crippen LogP contribution in [0.1, 0.15) is 18.9 Å². The molecule has 1 aromatic rings. The molecule has 0 heterocycles. The molecule has 18 heavy (non-hydrogen) atoms. The Morgan fingerprint density at radius 1 is 1.17 bits per heavy atom. The molecule has 0 fully saturated rings. The predicted molar refractivity (Wildman–Crippen MR) is 69.0 cm³/mol. The lowest BCUT2D eigenvalue weighted by Gasteiger charge is -2.20. The minimum absolute atomic E-state index is 0.0187. The minimum Gasteiger partial charge on any atom is -0.469 e. The van der Waals surface area contributed by atoms with Gasteiger partial charge in [0.1, 0.15) is 0 Å². The van der Waals surface area contributed by atoms with Crippen molar-refractivity contribution in [2.75, 3.05) is 20.2 Å². The Morgan fingerprint density at radius 3 is 2.39 bits per heavy atom. The van der Waals surface area contributed by atoms with Gasteiger partial charge in [-0.1, -0.05) is 30.3 Å². The van der Waals surface area contributed by atoms with E-state index in [-0.39, 0.29) is 18.3 Å². The number of amides is 1. The SMILES string of the molecule is COC(=O)CCN(CCc1ccccc1)C(C)=O. The van der Waals surface area contributed by atoms with Gasteiger partial charge in [-0.15, -0.1) is 0 Å². The maximum atomic E-state index is 11.4. The van der Waals surface area contributed by atoms with Crippen molar-refractivity contribution in [2.45, 2.75) is 19.8 Å². The molecule has 0 radical (unpaired) electrons. The molecule has 0 bridgehead atoms. The molecule has 0 spiro atoms. The Labute approximate surface area is 108 Å². The minimum atomic E-state index is -0.291. The lowest BCUT2D eigenvalue weighted by molar-refractivity contribution is -0.141. The molecular weight excluding hydrogens is 230 g/mol. The molecule has 1 aromatic carbocycles. The number of hydrogen-bond donors (Lipinski definition) is 0. The van der Waals surface area contributed by atoms with Crippen LogP contribution in [0, 0.1) is 0 Å². The topological polar surface area (TPSA) is 46.6 Å². The van der Waals surface area contributed by atoms with E-state index in [1.54, 1.807) is 4.90 Å². The molecule has 0 saturated carbocycles. The number of carbonyl (C=O) groups is 2. The molecule has 4 nitrogen and oxygen atoms in total. The van der Waals surface area contributed by atoms with E-state index in [1.165, 1.54) is 19.6 Å². The summed E-state index contributed by atoms with van der Waals surface area (Å²) >= 11 is 0. The second kappa shape index (κ2) is 7.48. The zero-order chi connectivity index (χ0) is 13.4. The molecule has 1 rings (SSSR count). The Hall–Kier alpha value is -1.84. The predicted octanol–water partition coefficient (Wildman–Crippen LogP) is 1.64. The molecular formula is C14H19NO3. The first kappa shape index (κ1) is 14.2. The van der Waals surface area contributed by atoms with E-state index in [1.807, 2.05) is 30.3 Å². The van der Waals surface area contributed by atoms with Crippen molar-refractivity contribution in [3.05, 3.63) is 35.9 Å². The molecule has 0 atom stereocenters. The highest BCUT2D eigenvalue weighted by atomic mass is 16.5. The Morgan fingerprint density at radius 2 is 1.83 bits per heavy atom. The summed E-state index contributed by atoms with van der Waals surface area (Å²) in [6, 6.07) is 9.96. The summed E-state index contributed by atoms with van der Waals surface area (Å²) < 4.78 is 4.57. The normalized spacial score (nSPS) is 9.89. The lowest BCUT2D eigenvalue weighted by Crippen LogP contribution is -2.33. The van der Waals surface area contributed by atoms with Crippen LogP contribution in [-0.2, 0) is 20.7 Å². The average Bonchev–Trinajstić information content (AvgIpc) is 2.39. The van der Waals surface area contributed by atoms with Gasteiger partial charge in [-0.3, -0.25) is 9.59 Å². The molecule has 98 valence electrons. The molecule has 0 aliphatic rings. The molecule has 1 amide bonds. The van der Waals surface area contributed by atoms with Crippen LogP contribution in [0.5, 0.6) is 0 Å². The number of carbonyl (C=O) groups excluding carboxylic acids is 2. The van der Waals surface area contributed by atoms with Crippen molar-refractivity contribution in [1.29, 1.82) is 0 Å². The third-order valence-corrected chi connectivity index (χ3v) is 2.77. The number of esters is 1. The van der Waals surface area contributed by atoms with Gasteiger partial charge in [0.2, 0.25) is 5.91 Å². The van der Waals surface area contributed by atoms with Crippen LogP contribution >= 0.6 is 0 Å². The fourth-order valence-electron chi connectivity index (χ4n) is 1.66. The monoisotopic (exact) mass is 249 g/mol. The first-order chi connectivity index (χ1) is 8.63. The Balaban J connectivity index is 2.43. The first-order valence-electron chi connectivity index (χ1n) is 5.99. The second-order valence-corrected chi connectivity index (χ2v) is 4.07. The summed E-state index contributed by atoms with van der Waals surface area (Å²) in [6.07, 6.45) is 1.03. The number of benzene rings is 1. The maximum absolute atomic E-state index is 11.4. The molecule has 0 saturated heterocycles. The smallest absolute Gasteiger partial charge is 0.307 e. The Bertz CT molecular complexity index is 389. The average molecular weight is 249 g/mol. The van der Waals surface area contributed by atoms with E-state index < -0.39 is 0 Å². The van der Waals surface area contributed by atoms with Crippen LogP contribution in [0.4, 0.5) is 0 Å². The van der Waals surface area contributed by atoms with Gasteiger partial charge >= 0.3 is 5.97 Å². The molecule has 0 aliphatic heterocycles. The van der Waals surface area contributed by atoms with E-state index in [0.717, 1.165) is 6.42 Å². The van der Waals surface area contributed by atoms with Crippen LogP contribution in [0.3, 0.4) is 0 Å². The van der Waals surface area contributed by atoms with Crippen molar-refractivity contribution in [3.8, 4) is 0 Å². The lowest BCUT2D eigenvalue weighted by atomic mass is 10.1. The van der Waals surface area contributed by atoms with Gasteiger partial charge in [-0.05, 0) is 12.0 Å². The summed E-state index contributed by atoms with van der Waals surface area (Å²) in [4.78, 5) is 24.2.